The molecule has 110 valence electrons. The van der Waals surface area contributed by atoms with Crippen molar-refractivity contribution in [3.8, 4) is 10.4 Å². The number of nitrogen functional groups attached to an aromatic ring is 2. The number of benzene rings is 1. The quantitative estimate of drug-likeness (QED) is 0.645. The van der Waals surface area contributed by atoms with Crippen LogP contribution in [0.15, 0.2) is 48.2 Å². The van der Waals surface area contributed by atoms with Crippen LogP contribution >= 0.6 is 11.3 Å². The predicted octanol–water partition coefficient (Wildman–Crippen LogP) is 2.62. The monoisotopic (exact) mass is 311 g/mol. The molecule has 6 nitrogen and oxygen atoms in total. The van der Waals surface area contributed by atoms with Crippen molar-refractivity contribution < 1.29 is 4.79 Å². The first-order valence-electron chi connectivity index (χ1n) is 6.45. The van der Waals surface area contributed by atoms with Crippen LogP contribution in [0, 0.1) is 0 Å². The normalized spacial score (nSPS) is 10.4. The second-order valence-electron chi connectivity index (χ2n) is 4.56. The molecular formula is C15H13N5OS. The molecule has 0 aliphatic heterocycles. The Kier molecular flexibility index (Phi) is 3.71. The van der Waals surface area contributed by atoms with Crippen LogP contribution in [-0.2, 0) is 0 Å². The molecule has 1 aromatic carbocycles. The third-order valence-corrected chi connectivity index (χ3v) is 3.89. The minimum atomic E-state index is -0.397. The van der Waals surface area contributed by atoms with Crippen molar-refractivity contribution in [2.45, 2.75) is 0 Å². The van der Waals surface area contributed by atoms with Crippen LogP contribution in [0.4, 0.5) is 17.1 Å². The summed E-state index contributed by atoms with van der Waals surface area (Å²) >= 11 is 1.51. The summed E-state index contributed by atoms with van der Waals surface area (Å²) in [4.78, 5) is 21.3. The van der Waals surface area contributed by atoms with Gasteiger partial charge in [0, 0.05) is 12.4 Å². The first kappa shape index (κ1) is 14.0. The third kappa shape index (κ3) is 2.75. The number of aromatic nitrogens is 2. The van der Waals surface area contributed by atoms with Gasteiger partial charge in [-0.3, -0.25) is 9.78 Å². The molecule has 5 N–H and O–H groups in total. The maximum absolute atomic E-state index is 12.3. The van der Waals surface area contributed by atoms with Crippen LogP contribution in [0.3, 0.4) is 0 Å². The molecule has 1 amide bonds. The molecule has 0 saturated heterocycles. The largest absolute Gasteiger partial charge is 0.397 e. The zero-order valence-electron chi connectivity index (χ0n) is 11.5. The van der Waals surface area contributed by atoms with Crippen LogP contribution in [0.5, 0.6) is 0 Å². The van der Waals surface area contributed by atoms with Crippen molar-refractivity contribution in [3.63, 3.8) is 0 Å². The van der Waals surface area contributed by atoms with Crippen molar-refractivity contribution in [1.82, 2.24) is 9.97 Å². The highest BCUT2D eigenvalue weighted by Crippen LogP contribution is 2.29. The Bertz CT molecular complexity index is 817. The van der Waals surface area contributed by atoms with Gasteiger partial charge in [0.25, 0.3) is 5.91 Å². The van der Waals surface area contributed by atoms with Gasteiger partial charge in [-0.1, -0.05) is 6.07 Å². The topological polar surface area (TPSA) is 107 Å². The van der Waals surface area contributed by atoms with E-state index >= 15 is 0 Å². The van der Waals surface area contributed by atoms with Gasteiger partial charge in [-0.2, -0.15) is 0 Å². The number of nitrogens with two attached hydrogens (primary N) is 2. The Hall–Kier alpha value is -2.93. The number of rotatable bonds is 3. The van der Waals surface area contributed by atoms with E-state index < -0.39 is 5.91 Å². The number of amides is 1. The highest BCUT2D eigenvalue weighted by Gasteiger charge is 2.13. The summed E-state index contributed by atoms with van der Waals surface area (Å²) in [5.74, 6) is -0.397. The second-order valence-corrected chi connectivity index (χ2v) is 5.45. The van der Waals surface area contributed by atoms with Gasteiger partial charge >= 0.3 is 0 Å². The van der Waals surface area contributed by atoms with E-state index in [0.29, 0.717) is 17.1 Å². The fourth-order valence-electron chi connectivity index (χ4n) is 1.97. The summed E-state index contributed by atoms with van der Waals surface area (Å²) in [7, 11) is 0. The van der Waals surface area contributed by atoms with E-state index in [9.17, 15) is 4.79 Å². The Morgan fingerprint density at radius 1 is 1.18 bits per heavy atom. The Labute approximate surface area is 130 Å². The van der Waals surface area contributed by atoms with Crippen molar-refractivity contribution >= 4 is 34.3 Å². The molecule has 3 rings (SSSR count). The number of hydrogen-bond donors (Lipinski definition) is 3. The molecule has 0 atom stereocenters. The van der Waals surface area contributed by atoms with Gasteiger partial charge in [0.2, 0.25) is 0 Å². The van der Waals surface area contributed by atoms with E-state index in [1.54, 1.807) is 36.0 Å². The zero-order valence-corrected chi connectivity index (χ0v) is 12.3. The van der Waals surface area contributed by atoms with E-state index in [-0.39, 0.29) is 5.69 Å². The van der Waals surface area contributed by atoms with Gasteiger partial charge in [0.1, 0.15) is 0 Å². The molecule has 2 aromatic heterocycles. The number of anilines is 3. The smallest absolute Gasteiger partial charge is 0.276 e. The van der Waals surface area contributed by atoms with Crippen LogP contribution < -0.4 is 16.8 Å². The SMILES string of the molecule is Nc1ccc(-c2cncs2)cc1NC(=O)c1ncccc1N. The third-order valence-electron chi connectivity index (χ3n) is 3.07. The number of pyridine rings is 1. The molecule has 2 heterocycles. The molecule has 0 fully saturated rings. The van der Waals surface area contributed by atoms with E-state index in [0.717, 1.165) is 10.4 Å². The van der Waals surface area contributed by atoms with Crippen LogP contribution in [0.1, 0.15) is 10.5 Å². The van der Waals surface area contributed by atoms with Crippen molar-refractivity contribution in [3.05, 3.63) is 53.9 Å². The highest BCUT2D eigenvalue weighted by atomic mass is 32.1. The lowest BCUT2D eigenvalue weighted by Gasteiger charge is -2.10. The van der Waals surface area contributed by atoms with Crippen molar-refractivity contribution in [2.24, 2.45) is 0 Å². The summed E-state index contributed by atoms with van der Waals surface area (Å²) in [6.07, 6.45) is 3.28. The Morgan fingerprint density at radius 2 is 2.05 bits per heavy atom. The standard InChI is InChI=1S/C15H13N5OS/c16-10-4-3-9(13-7-18-8-22-13)6-12(10)20-15(21)14-11(17)2-1-5-19-14/h1-8H,16-17H2,(H,20,21). The molecule has 0 aliphatic rings. The van der Waals surface area contributed by atoms with Gasteiger partial charge in [-0.25, -0.2) is 4.98 Å². The summed E-state index contributed by atoms with van der Waals surface area (Å²) in [5.41, 5.74) is 15.8. The first-order valence-corrected chi connectivity index (χ1v) is 7.33. The molecule has 0 spiro atoms. The summed E-state index contributed by atoms with van der Waals surface area (Å²) < 4.78 is 0. The molecular weight excluding hydrogens is 298 g/mol. The number of nitrogens with zero attached hydrogens (tertiary/aromatic N) is 2. The second kappa shape index (κ2) is 5.82. The summed E-state index contributed by atoms with van der Waals surface area (Å²) in [6.45, 7) is 0. The summed E-state index contributed by atoms with van der Waals surface area (Å²) in [5, 5.41) is 2.75. The molecule has 0 saturated carbocycles. The van der Waals surface area contributed by atoms with Gasteiger partial charge in [-0.05, 0) is 29.8 Å². The molecule has 0 aliphatic carbocycles. The maximum atomic E-state index is 12.3. The average Bonchev–Trinajstić information content (AvgIpc) is 3.04. The van der Waals surface area contributed by atoms with Crippen LogP contribution in [0.2, 0.25) is 0 Å². The summed E-state index contributed by atoms with van der Waals surface area (Å²) in [6, 6.07) is 8.73. The van der Waals surface area contributed by atoms with Gasteiger partial charge in [0.15, 0.2) is 5.69 Å². The number of carbonyl (C=O) groups is 1. The molecule has 22 heavy (non-hydrogen) atoms. The number of nitrogens with one attached hydrogen (secondary N) is 1. The van der Waals surface area contributed by atoms with Crippen molar-refractivity contribution in [1.29, 1.82) is 0 Å². The average molecular weight is 311 g/mol. The number of thiazole rings is 1. The first-order chi connectivity index (χ1) is 10.6. The lowest BCUT2D eigenvalue weighted by atomic mass is 10.1. The van der Waals surface area contributed by atoms with E-state index in [2.05, 4.69) is 15.3 Å². The van der Waals surface area contributed by atoms with Crippen LogP contribution in [0.25, 0.3) is 10.4 Å². The highest BCUT2D eigenvalue weighted by molar-refractivity contribution is 7.13. The van der Waals surface area contributed by atoms with Gasteiger partial charge < -0.3 is 16.8 Å². The molecule has 0 bridgehead atoms. The predicted molar refractivity (Wildman–Crippen MR) is 88.6 cm³/mol. The number of hydrogen-bond acceptors (Lipinski definition) is 6. The number of carbonyl (C=O) groups excluding carboxylic acids is 1. The zero-order chi connectivity index (χ0) is 15.5. The Morgan fingerprint density at radius 3 is 2.77 bits per heavy atom. The fourth-order valence-corrected chi connectivity index (χ4v) is 2.59. The molecule has 7 heteroatoms. The lowest BCUT2D eigenvalue weighted by Crippen LogP contribution is -2.16. The molecule has 3 aromatic rings. The molecule has 0 unspecified atom stereocenters. The minimum Gasteiger partial charge on any atom is -0.397 e. The minimum absolute atomic E-state index is 0.171. The van der Waals surface area contributed by atoms with Crippen LogP contribution in [-0.4, -0.2) is 15.9 Å². The molecule has 0 radical (unpaired) electrons. The van der Waals surface area contributed by atoms with E-state index in [4.69, 9.17) is 11.5 Å². The van der Waals surface area contributed by atoms with E-state index in [1.165, 1.54) is 17.5 Å². The van der Waals surface area contributed by atoms with Gasteiger partial charge in [0.05, 0.1) is 27.4 Å². The Balaban J connectivity index is 1.91. The fraction of sp³-hybridized carbons (Fsp3) is 0. The van der Waals surface area contributed by atoms with E-state index in [1.807, 2.05) is 6.07 Å². The maximum Gasteiger partial charge on any atom is 0.276 e. The van der Waals surface area contributed by atoms with Crippen molar-refractivity contribution in [2.75, 3.05) is 16.8 Å². The van der Waals surface area contributed by atoms with Gasteiger partial charge in [-0.15, -0.1) is 11.3 Å². The lowest BCUT2D eigenvalue weighted by molar-refractivity contribution is 0.102.